The van der Waals surface area contributed by atoms with Crippen LogP contribution in [-0.4, -0.2) is 19.1 Å². The average molecular weight is 338 g/mol. The van der Waals surface area contributed by atoms with Crippen LogP contribution < -0.4 is 15.4 Å². The molecular formula is C17H17F3N2O2. The predicted molar refractivity (Wildman–Crippen MR) is 85.8 cm³/mol. The smallest absolute Gasteiger partial charge is 0.246 e. The van der Waals surface area contributed by atoms with Gasteiger partial charge in [-0.25, -0.2) is 13.2 Å². The van der Waals surface area contributed by atoms with E-state index in [-0.39, 0.29) is 0 Å². The molecule has 0 saturated heterocycles. The van der Waals surface area contributed by atoms with Gasteiger partial charge in [-0.3, -0.25) is 4.79 Å². The topological polar surface area (TPSA) is 50.4 Å². The van der Waals surface area contributed by atoms with Crippen molar-refractivity contribution in [3.05, 3.63) is 53.3 Å². The number of rotatable bonds is 5. The number of carbonyl (C=O) groups is 1. The van der Waals surface area contributed by atoms with Gasteiger partial charge in [-0.1, -0.05) is 6.07 Å². The third kappa shape index (κ3) is 3.79. The third-order valence-electron chi connectivity index (χ3n) is 3.41. The second kappa shape index (κ2) is 7.25. The summed E-state index contributed by atoms with van der Waals surface area (Å²) in [4.78, 5) is 12.2. The number of methoxy groups -OCH3 is 1. The molecule has 0 aromatic heterocycles. The van der Waals surface area contributed by atoms with Crippen LogP contribution >= 0.6 is 0 Å². The van der Waals surface area contributed by atoms with Crippen molar-refractivity contribution >= 4 is 17.3 Å². The van der Waals surface area contributed by atoms with Gasteiger partial charge in [-0.2, -0.15) is 0 Å². The number of halogens is 3. The Balaban J connectivity index is 2.13. The van der Waals surface area contributed by atoms with Crippen molar-refractivity contribution < 1.29 is 22.7 Å². The molecule has 4 nitrogen and oxygen atoms in total. The maximum absolute atomic E-state index is 13.6. The summed E-state index contributed by atoms with van der Waals surface area (Å²) in [6.07, 6.45) is 0. The molecule has 7 heteroatoms. The summed E-state index contributed by atoms with van der Waals surface area (Å²) >= 11 is 0. The zero-order valence-corrected chi connectivity index (χ0v) is 13.4. The molecule has 0 heterocycles. The fourth-order valence-corrected chi connectivity index (χ4v) is 2.10. The predicted octanol–water partition coefficient (Wildman–Crippen LogP) is 3.86. The molecule has 0 spiro atoms. The van der Waals surface area contributed by atoms with E-state index in [9.17, 15) is 18.0 Å². The van der Waals surface area contributed by atoms with E-state index in [0.29, 0.717) is 11.4 Å². The van der Waals surface area contributed by atoms with Crippen molar-refractivity contribution in [1.29, 1.82) is 0 Å². The van der Waals surface area contributed by atoms with Crippen LogP contribution in [0, 0.1) is 24.4 Å². The van der Waals surface area contributed by atoms with Gasteiger partial charge in [0.15, 0.2) is 17.5 Å². The van der Waals surface area contributed by atoms with Gasteiger partial charge in [0.1, 0.15) is 11.8 Å². The lowest BCUT2D eigenvalue weighted by atomic mass is 10.2. The zero-order chi connectivity index (χ0) is 17.9. The first-order chi connectivity index (χ1) is 11.3. The van der Waals surface area contributed by atoms with Crippen LogP contribution in [0.2, 0.25) is 0 Å². The molecule has 0 aliphatic rings. The van der Waals surface area contributed by atoms with E-state index in [0.717, 1.165) is 17.7 Å². The number of hydrogen-bond donors (Lipinski definition) is 2. The van der Waals surface area contributed by atoms with Crippen molar-refractivity contribution in [3.63, 3.8) is 0 Å². The molecule has 0 unspecified atom stereocenters. The van der Waals surface area contributed by atoms with E-state index >= 15 is 0 Å². The highest BCUT2D eigenvalue weighted by Gasteiger charge is 2.19. The van der Waals surface area contributed by atoms with Gasteiger partial charge in [-0.05, 0) is 43.7 Å². The van der Waals surface area contributed by atoms with E-state index in [1.807, 2.05) is 13.0 Å². The molecule has 2 aromatic rings. The second-order valence-electron chi connectivity index (χ2n) is 5.28. The molecule has 2 N–H and O–H groups in total. The van der Waals surface area contributed by atoms with Crippen LogP contribution in [0.5, 0.6) is 5.75 Å². The maximum Gasteiger partial charge on any atom is 0.246 e. The van der Waals surface area contributed by atoms with Crippen LogP contribution in [0.25, 0.3) is 0 Å². The molecule has 1 amide bonds. The van der Waals surface area contributed by atoms with E-state index in [1.54, 1.807) is 19.1 Å². The minimum absolute atomic E-state index is 0.427. The average Bonchev–Trinajstić information content (AvgIpc) is 2.55. The number of anilines is 2. The van der Waals surface area contributed by atoms with Crippen molar-refractivity contribution in [2.75, 3.05) is 17.7 Å². The Morgan fingerprint density at radius 1 is 1.08 bits per heavy atom. The number of carbonyl (C=O) groups excluding carboxylic acids is 1. The highest BCUT2D eigenvalue weighted by Crippen LogP contribution is 2.26. The molecule has 1 atom stereocenters. The lowest BCUT2D eigenvalue weighted by Crippen LogP contribution is -2.32. The molecule has 2 rings (SSSR count). The van der Waals surface area contributed by atoms with Gasteiger partial charge in [0.2, 0.25) is 5.91 Å². The Morgan fingerprint density at radius 3 is 2.46 bits per heavy atom. The number of nitrogens with one attached hydrogen (secondary N) is 2. The van der Waals surface area contributed by atoms with Crippen molar-refractivity contribution in [3.8, 4) is 5.75 Å². The largest absolute Gasteiger partial charge is 0.495 e. The summed E-state index contributed by atoms with van der Waals surface area (Å²) in [6.45, 7) is 3.43. The summed E-state index contributed by atoms with van der Waals surface area (Å²) in [5, 5.41) is 5.17. The minimum Gasteiger partial charge on any atom is -0.495 e. The van der Waals surface area contributed by atoms with Gasteiger partial charge in [0, 0.05) is 0 Å². The van der Waals surface area contributed by atoms with E-state index in [2.05, 4.69) is 10.6 Å². The summed E-state index contributed by atoms with van der Waals surface area (Å²) in [5.41, 5.74) is 1.12. The quantitative estimate of drug-likeness (QED) is 0.814. The number of hydrogen-bond acceptors (Lipinski definition) is 3. The number of ether oxygens (including phenoxy) is 1. The Kier molecular flexibility index (Phi) is 5.33. The third-order valence-corrected chi connectivity index (χ3v) is 3.41. The first kappa shape index (κ1) is 17.7. The van der Waals surface area contributed by atoms with Crippen LogP contribution in [0.15, 0.2) is 30.3 Å². The standard InChI is InChI=1S/C17H17F3N2O2/c1-9-4-7-14(24-3)13(8-9)21-10(2)17(23)22-12-6-5-11(18)15(19)16(12)20/h4-8,10,21H,1-3H3,(H,22,23)/t10-/m0/s1. The van der Waals surface area contributed by atoms with Crippen LogP contribution in [0.1, 0.15) is 12.5 Å². The molecule has 0 radical (unpaired) electrons. The highest BCUT2D eigenvalue weighted by atomic mass is 19.2. The van der Waals surface area contributed by atoms with Crippen LogP contribution in [0.4, 0.5) is 24.5 Å². The number of amides is 1. The van der Waals surface area contributed by atoms with E-state index in [4.69, 9.17) is 4.74 Å². The van der Waals surface area contributed by atoms with Crippen LogP contribution in [0.3, 0.4) is 0 Å². The van der Waals surface area contributed by atoms with Crippen molar-refractivity contribution in [2.45, 2.75) is 19.9 Å². The molecule has 0 aliphatic carbocycles. The number of aryl methyl sites for hydroxylation is 1. The van der Waals surface area contributed by atoms with Gasteiger partial charge in [0.05, 0.1) is 18.5 Å². The molecule has 0 aliphatic heterocycles. The maximum atomic E-state index is 13.6. The van der Waals surface area contributed by atoms with E-state index < -0.39 is 35.1 Å². The van der Waals surface area contributed by atoms with Crippen molar-refractivity contribution in [1.82, 2.24) is 0 Å². The fourth-order valence-electron chi connectivity index (χ4n) is 2.10. The highest BCUT2D eigenvalue weighted by molar-refractivity contribution is 5.96. The first-order valence-corrected chi connectivity index (χ1v) is 7.19. The molecule has 2 aromatic carbocycles. The molecular weight excluding hydrogens is 321 g/mol. The second-order valence-corrected chi connectivity index (χ2v) is 5.28. The lowest BCUT2D eigenvalue weighted by molar-refractivity contribution is -0.116. The number of benzene rings is 2. The minimum atomic E-state index is -1.63. The molecule has 128 valence electrons. The molecule has 0 fully saturated rings. The van der Waals surface area contributed by atoms with Gasteiger partial charge in [0.25, 0.3) is 0 Å². The fraction of sp³-hybridized carbons (Fsp3) is 0.235. The molecule has 0 bridgehead atoms. The first-order valence-electron chi connectivity index (χ1n) is 7.19. The van der Waals surface area contributed by atoms with Crippen LogP contribution in [-0.2, 0) is 4.79 Å². The Labute approximate surface area is 137 Å². The zero-order valence-electron chi connectivity index (χ0n) is 13.4. The Bertz CT molecular complexity index is 766. The van der Waals surface area contributed by atoms with Gasteiger partial charge >= 0.3 is 0 Å². The van der Waals surface area contributed by atoms with Gasteiger partial charge in [-0.15, -0.1) is 0 Å². The van der Waals surface area contributed by atoms with Crippen molar-refractivity contribution in [2.24, 2.45) is 0 Å². The lowest BCUT2D eigenvalue weighted by Gasteiger charge is -2.18. The molecule has 24 heavy (non-hydrogen) atoms. The summed E-state index contributed by atoms with van der Waals surface area (Å²) in [6, 6.07) is 6.33. The Hall–Kier alpha value is -2.70. The SMILES string of the molecule is COc1ccc(C)cc1N[C@@H](C)C(=O)Nc1ccc(F)c(F)c1F. The normalized spacial score (nSPS) is 11.8. The monoisotopic (exact) mass is 338 g/mol. The van der Waals surface area contributed by atoms with Gasteiger partial charge < -0.3 is 15.4 Å². The molecule has 0 saturated carbocycles. The summed E-state index contributed by atoms with van der Waals surface area (Å²) in [5.74, 6) is -4.46. The summed E-state index contributed by atoms with van der Waals surface area (Å²) in [7, 11) is 1.50. The Morgan fingerprint density at radius 2 is 1.79 bits per heavy atom. The van der Waals surface area contributed by atoms with E-state index in [1.165, 1.54) is 7.11 Å². The summed E-state index contributed by atoms with van der Waals surface area (Å²) < 4.78 is 44.9.